The first-order valence-electron chi connectivity index (χ1n) is 9.43. The zero-order valence-electron chi connectivity index (χ0n) is 16.2. The molecule has 0 fully saturated rings. The van der Waals surface area contributed by atoms with E-state index in [9.17, 15) is 4.79 Å². The van der Waals surface area contributed by atoms with Crippen LogP contribution in [0.25, 0.3) is 21.6 Å². The molecule has 0 saturated carbocycles. The summed E-state index contributed by atoms with van der Waals surface area (Å²) >= 11 is 9.04. The quantitative estimate of drug-likeness (QED) is 0.199. The number of fused-ring (bicyclic) bond motifs is 1. The van der Waals surface area contributed by atoms with Crippen LogP contribution in [0.2, 0.25) is 5.02 Å². The molecule has 0 saturated heterocycles. The van der Waals surface area contributed by atoms with Crippen molar-refractivity contribution in [2.24, 2.45) is 0 Å². The summed E-state index contributed by atoms with van der Waals surface area (Å²) < 4.78 is 12.5. The normalized spacial score (nSPS) is 11.4. The monoisotopic (exact) mass is 462 g/mol. The molecule has 10 heteroatoms. The Hall–Kier alpha value is -2.20. The van der Waals surface area contributed by atoms with Crippen molar-refractivity contribution in [3.63, 3.8) is 0 Å². The minimum atomic E-state index is -0.0968. The van der Waals surface area contributed by atoms with Crippen molar-refractivity contribution >= 4 is 45.6 Å². The van der Waals surface area contributed by atoms with Gasteiger partial charge in [-0.3, -0.25) is 9.36 Å². The molecule has 3 aromatic heterocycles. The summed E-state index contributed by atoms with van der Waals surface area (Å²) in [5.74, 6) is 1.44. The third-order valence-electron chi connectivity index (χ3n) is 4.29. The fourth-order valence-corrected chi connectivity index (χ4v) is 4.57. The number of halogens is 1. The number of aromatic nitrogens is 4. The van der Waals surface area contributed by atoms with Gasteiger partial charge in [0.1, 0.15) is 0 Å². The first-order valence-corrected chi connectivity index (χ1v) is 11.7. The summed E-state index contributed by atoms with van der Waals surface area (Å²) in [7, 11) is 0. The first-order chi connectivity index (χ1) is 14.7. The fourth-order valence-electron chi connectivity index (χ4n) is 2.90. The third kappa shape index (κ3) is 4.75. The van der Waals surface area contributed by atoms with Crippen LogP contribution in [0.15, 0.2) is 50.2 Å². The number of ether oxygens (including phenoxy) is 1. The molecule has 0 spiro atoms. The molecule has 0 aliphatic heterocycles. The van der Waals surface area contributed by atoms with E-state index in [1.54, 1.807) is 34.1 Å². The maximum atomic E-state index is 13.1. The number of nitrogens with zero attached hydrogens (tertiary/aromatic N) is 4. The second kappa shape index (κ2) is 9.74. The van der Waals surface area contributed by atoms with Crippen LogP contribution in [-0.2, 0) is 17.0 Å². The number of thiophene rings is 1. The molecule has 0 radical (unpaired) electrons. The van der Waals surface area contributed by atoms with E-state index in [4.69, 9.17) is 20.9 Å². The van der Waals surface area contributed by atoms with Gasteiger partial charge in [-0.1, -0.05) is 34.6 Å². The molecule has 0 unspecified atom stereocenters. The van der Waals surface area contributed by atoms with Gasteiger partial charge >= 0.3 is 0 Å². The molecular formula is C20H19ClN4O3S2. The van der Waals surface area contributed by atoms with Crippen LogP contribution < -0.4 is 5.56 Å². The summed E-state index contributed by atoms with van der Waals surface area (Å²) in [6.45, 7) is 3.69. The predicted molar refractivity (Wildman–Crippen MR) is 119 cm³/mol. The summed E-state index contributed by atoms with van der Waals surface area (Å²) in [6, 6.07) is 9.00. The predicted octanol–water partition coefficient (Wildman–Crippen LogP) is 4.88. The third-order valence-corrected chi connectivity index (χ3v) is 6.35. The van der Waals surface area contributed by atoms with Gasteiger partial charge in [0.05, 0.1) is 21.5 Å². The molecule has 30 heavy (non-hydrogen) atoms. The molecule has 0 amide bonds. The molecule has 0 bridgehead atoms. The zero-order chi connectivity index (χ0) is 20.9. The number of hydrogen-bond donors (Lipinski definition) is 0. The molecule has 7 nitrogen and oxygen atoms in total. The molecule has 0 aliphatic rings. The van der Waals surface area contributed by atoms with Gasteiger partial charge < -0.3 is 9.26 Å². The van der Waals surface area contributed by atoms with Crippen LogP contribution >= 0.6 is 34.7 Å². The largest absolute Gasteiger partial charge is 0.382 e. The molecule has 156 valence electrons. The molecule has 0 aliphatic carbocycles. The average Bonchev–Trinajstić information content (AvgIpc) is 3.42. The molecule has 0 atom stereocenters. The van der Waals surface area contributed by atoms with Gasteiger partial charge in [0.25, 0.3) is 5.56 Å². The number of rotatable bonds is 9. The second-order valence-electron chi connectivity index (χ2n) is 6.34. The Labute approximate surface area is 186 Å². The standard InChI is InChI=1S/C20H19ClN4O3S2/c1-2-27-9-4-8-25-19(26)14-7-6-13(21)11-15(14)22-20(25)30-12-17-23-18(24-28-17)16-5-3-10-29-16/h3,5-7,10-11H,2,4,8-9,12H2,1H3. The molecular weight excluding hydrogens is 444 g/mol. The van der Waals surface area contributed by atoms with E-state index >= 15 is 0 Å². The number of thioether (sulfide) groups is 1. The van der Waals surface area contributed by atoms with E-state index in [0.717, 1.165) is 4.88 Å². The van der Waals surface area contributed by atoms with E-state index in [2.05, 4.69) is 15.1 Å². The van der Waals surface area contributed by atoms with E-state index < -0.39 is 0 Å². The molecule has 3 heterocycles. The summed E-state index contributed by atoms with van der Waals surface area (Å²) in [5, 5.41) is 7.66. The Morgan fingerprint density at radius 1 is 1.30 bits per heavy atom. The highest BCUT2D eigenvalue weighted by molar-refractivity contribution is 7.98. The van der Waals surface area contributed by atoms with Gasteiger partial charge in [-0.25, -0.2) is 4.98 Å². The lowest BCUT2D eigenvalue weighted by Gasteiger charge is -2.12. The Morgan fingerprint density at radius 3 is 3.00 bits per heavy atom. The van der Waals surface area contributed by atoms with Gasteiger partial charge in [0, 0.05) is 24.8 Å². The van der Waals surface area contributed by atoms with Crippen LogP contribution in [0.1, 0.15) is 19.2 Å². The Morgan fingerprint density at radius 2 is 2.20 bits per heavy atom. The maximum absolute atomic E-state index is 13.1. The van der Waals surface area contributed by atoms with E-state index in [1.807, 2.05) is 24.4 Å². The van der Waals surface area contributed by atoms with Crippen molar-refractivity contribution in [2.45, 2.75) is 30.8 Å². The second-order valence-corrected chi connectivity index (χ2v) is 8.67. The smallest absolute Gasteiger partial charge is 0.262 e. The molecule has 4 aromatic rings. The lowest BCUT2D eigenvalue weighted by molar-refractivity contribution is 0.140. The van der Waals surface area contributed by atoms with Crippen LogP contribution in [-0.4, -0.2) is 32.9 Å². The van der Waals surface area contributed by atoms with Gasteiger partial charge in [-0.2, -0.15) is 4.98 Å². The topological polar surface area (TPSA) is 83.0 Å². The Bertz CT molecular complexity index is 1190. The minimum absolute atomic E-state index is 0.0968. The van der Waals surface area contributed by atoms with Gasteiger partial charge in [-0.15, -0.1) is 11.3 Å². The van der Waals surface area contributed by atoms with Gasteiger partial charge in [0.15, 0.2) is 5.16 Å². The zero-order valence-corrected chi connectivity index (χ0v) is 18.6. The van der Waals surface area contributed by atoms with Crippen molar-refractivity contribution in [1.82, 2.24) is 19.7 Å². The van der Waals surface area contributed by atoms with Crippen LogP contribution in [0.3, 0.4) is 0 Å². The average molecular weight is 463 g/mol. The number of benzene rings is 1. The Kier molecular flexibility index (Phi) is 6.83. The molecule has 4 rings (SSSR count). The number of hydrogen-bond acceptors (Lipinski definition) is 8. The Balaban J connectivity index is 1.60. The van der Waals surface area contributed by atoms with Crippen molar-refractivity contribution in [2.75, 3.05) is 13.2 Å². The van der Waals surface area contributed by atoms with Crippen molar-refractivity contribution < 1.29 is 9.26 Å². The SMILES string of the molecule is CCOCCCn1c(SCc2nc(-c3cccs3)no2)nc2cc(Cl)ccc2c1=O. The van der Waals surface area contributed by atoms with Crippen LogP contribution in [0.4, 0.5) is 0 Å². The van der Waals surface area contributed by atoms with Crippen molar-refractivity contribution in [1.29, 1.82) is 0 Å². The fraction of sp³-hybridized carbons (Fsp3) is 0.300. The lowest BCUT2D eigenvalue weighted by atomic mass is 10.2. The molecule has 0 N–H and O–H groups in total. The first kappa shape index (κ1) is 21.0. The molecule has 1 aromatic carbocycles. The van der Waals surface area contributed by atoms with E-state index in [-0.39, 0.29) is 5.56 Å². The van der Waals surface area contributed by atoms with E-state index in [0.29, 0.717) is 64.7 Å². The van der Waals surface area contributed by atoms with Gasteiger partial charge in [0.2, 0.25) is 11.7 Å². The maximum Gasteiger partial charge on any atom is 0.262 e. The van der Waals surface area contributed by atoms with Crippen LogP contribution in [0.5, 0.6) is 0 Å². The van der Waals surface area contributed by atoms with Crippen molar-refractivity contribution in [3.8, 4) is 10.7 Å². The summed E-state index contributed by atoms with van der Waals surface area (Å²) in [6.07, 6.45) is 0.713. The van der Waals surface area contributed by atoms with Crippen LogP contribution in [0, 0.1) is 0 Å². The highest BCUT2D eigenvalue weighted by Gasteiger charge is 2.15. The van der Waals surface area contributed by atoms with Gasteiger partial charge in [-0.05, 0) is 43.0 Å². The minimum Gasteiger partial charge on any atom is -0.382 e. The van der Waals surface area contributed by atoms with Crippen molar-refractivity contribution in [3.05, 3.63) is 57.0 Å². The summed E-state index contributed by atoms with van der Waals surface area (Å²) in [4.78, 5) is 23.1. The summed E-state index contributed by atoms with van der Waals surface area (Å²) in [5.41, 5.74) is 0.473. The highest BCUT2D eigenvalue weighted by Crippen LogP contribution is 2.26. The lowest BCUT2D eigenvalue weighted by Crippen LogP contribution is -2.24. The highest BCUT2D eigenvalue weighted by atomic mass is 35.5. The van der Waals surface area contributed by atoms with E-state index in [1.165, 1.54) is 11.8 Å².